The normalized spacial score (nSPS) is 11.7. The highest BCUT2D eigenvalue weighted by Gasteiger charge is 2.16. The van der Waals surface area contributed by atoms with Crippen LogP contribution in [-0.2, 0) is 4.79 Å². The summed E-state index contributed by atoms with van der Waals surface area (Å²) >= 11 is 0. The van der Waals surface area contributed by atoms with Crippen LogP contribution in [0.4, 0.5) is 18.9 Å². The van der Waals surface area contributed by atoms with Crippen molar-refractivity contribution in [1.29, 1.82) is 0 Å². The molecule has 2 aromatic rings. The Balaban J connectivity index is 2.06. The standard InChI is InChI=1S/C17H15F3N2O3/c1-9(23)22-11-3-5-13(18)12(7-11)17(25)21-8-16(24)10-2-4-14(19)15(20)6-10/h2-7,16,24H,8H2,1H3,(H,21,25)(H,22,23). The van der Waals surface area contributed by atoms with Gasteiger partial charge in [0.15, 0.2) is 11.6 Å². The number of hydrogen-bond donors (Lipinski definition) is 3. The van der Waals surface area contributed by atoms with Gasteiger partial charge in [-0.3, -0.25) is 9.59 Å². The van der Waals surface area contributed by atoms with Crippen LogP contribution < -0.4 is 10.6 Å². The van der Waals surface area contributed by atoms with Gasteiger partial charge in [0.1, 0.15) is 5.82 Å². The molecule has 0 aromatic heterocycles. The Morgan fingerprint density at radius 2 is 1.72 bits per heavy atom. The number of aliphatic hydroxyl groups excluding tert-OH is 1. The average Bonchev–Trinajstić information content (AvgIpc) is 2.56. The molecular weight excluding hydrogens is 337 g/mol. The van der Waals surface area contributed by atoms with Crippen LogP contribution in [-0.4, -0.2) is 23.5 Å². The Bertz CT molecular complexity index is 812. The highest BCUT2D eigenvalue weighted by molar-refractivity contribution is 5.97. The Labute approximate surface area is 141 Å². The number of carbonyl (C=O) groups is 2. The summed E-state index contributed by atoms with van der Waals surface area (Å²) in [6.45, 7) is 0.926. The van der Waals surface area contributed by atoms with Crippen molar-refractivity contribution in [3.8, 4) is 0 Å². The fourth-order valence-corrected chi connectivity index (χ4v) is 2.10. The van der Waals surface area contributed by atoms with Gasteiger partial charge in [-0.15, -0.1) is 0 Å². The number of amides is 2. The van der Waals surface area contributed by atoms with E-state index in [1.807, 2.05) is 0 Å². The molecule has 0 fully saturated rings. The van der Waals surface area contributed by atoms with E-state index in [0.29, 0.717) is 0 Å². The summed E-state index contributed by atoms with van der Waals surface area (Å²) in [5.41, 5.74) is -0.0318. The van der Waals surface area contributed by atoms with Crippen molar-refractivity contribution in [3.05, 3.63) is 65.0 Å². The fourth-order valence-electron chi connectivity index (χ4n) is 2.10. The molecule has 5 nitrogen and oxygen atoms in total. The largest absolute Gasteiger partial charge is 0.387 e. The summed E-state index contributed by atoms with van der Waals surface area (Å²) in [7, 11) is 0. The van der Waals surface area contributed by atoms with Crippen LogP contribution >= 0.6 is 0 Å². The molecule has 2 rings (SSSR count). The molecule has 0 saturated carbocycles. The first-order valence-electron chi connectivity index (χ1n) is 7.26. The second kappa shape index (κ2) is 7.80. The Kier molecular flexibility index (Phi) is 5.76. The molecule has 0 spiro atoms. The Morgan fingerprint density at radius 3 is 2.36 bits per heavy atom. The van der Waals surface area contributed by atoms with Gasteiger partial charge in [0, 0.05) is 19.2 Å². The van der Waals surface area contributed by atoms with Crippen molar-refractivity contribution < 1.29 is 27.9 Å². The molecule has 3 N–H and O–H groups in total. The van der Waals surface area contributed by atoms with Crippen LogP contribution in [0, 0.1) is 17.5 Å². The molecule has 0 radical (unpaired) electrons. The first kappa shape index (κ1) is 18.5. The van der Waals surface area contributed by atoms with Gasteiger partial charge in [0.25, 0.3) is 5.91 Å². The molecule has 0 bridgehead atoms. The van der Waals surface area contributed by atoms with Gasteiger partial charge in [0.2, 0.25) is 5.91 Å². The molecule has 1 atom stereocenters. The van der Waals surface area contributed by atoms with Crippen molar-refractivity contribution >= 4 is 17.5 Å². The molecular formula is C17H15F3N2O3. The van der Waals surface area contributed by atoms with Gasteiger partial charge < -0.3 is 15.7 Å². The van der Waals surface area contributed by atoms with E-state index in [1.165, 1.54) is 19.1 Å². The number of carbonyl (C=O) groups excluding carboxylic acids is 2. The number of benzene rings is 2. The van der Waals surface area contributed by atoms with Crippen LogP contribution in [0.2, 0.25) is 0 Å². The topological polar surface area (TPSA) is 78.4 Å². The van der Waals surface area contributed by atoms with E-state index in [0.717, 1.165) is 24.3 Å². The molecule has 25 heavy (non-hydrogen) atoms. The van der Waals surface area contributed by atoms with Gasteiger partial charge in [0.05, 0.1) is 11.7 Å². The Morgan fingerprint density at radius 1 is 1.04 bits per heavy atom. The second-order valence-electron chi connectivity index (χ2n) is 5.28. The lowest BCUT2D eigenvalue weighted by molar-refractivity contribution is -0.114. The zero-order valence-electron chi connectivity index (χ0n) is 13.1. The third kappa shape index (κ3) is 4.80. The molecule has 8 heteroatoms. The molecule has 2 aromatic carbocycles. The monoisotopic (exact) mass is 352 g/mol. The van der Waals surface area contributed by atoms with E-state index in [1.54, 1.807) is 0 Å². The number of halogens is 3. The Hall–Kier alpha value is -2.87. The van der Waals surface area contributed by atoms with Crippen LogP contribution in [0.3, 0.4) is 0 Å². The van der Waals surface area contributed by atoms with Crippen LogP contribution in [0.25, 0.3) is 0 Å². The summed E-state index contributed by atoms with van der Waals surface area (Å²) in [6, 6.07) is 6.30. The van der Waals surface area contributed by atoms with Crippen molar-refractivity contribution in [2.45, 2.75) is 13.0 Å². The van der Waals surface area contributed by atoms with Gasteiger partial charge in [-0.25, -0.2) is 13.2 Å². The van der Waals surface area contributed by atoms with E-state index in [9.17, 15) is 27.9 Å². The zero-order valence-corrected chi connectivity index (χ0v) is 13.1. The summed E-state index contributed by atoms with van der Waals surface area (Å²) < 4.78 is 39.8. The van der Waals surface area contributed by atoms with Crippen molar-refractivity contribution in [2.24, 2.45) is 0 Å². The lowest BCUT2D eigenvalue weighted by Gasteiger charge is -2.13. The maximum atomic E-state index is 13.8. The van der Waals surface area contributed by atoms with Gasteiger partial charge in [-0.05, 0) is 35.9 Å². The number of nitrogens with one attached hydrogen (secondary N) is 2. The van der Waals surface area contributed by atoms with Gasteiger partial charge in [-0.2, -0.15) is 0 Å². The number of aliphatic hydroxyl groups is 1. The lowest BCUT2D eigenvalue weighted by atomic mass is 10.1. The highest BCUT2D eigenvalue weighted by atomic mass is 19.2. The third-order valence-corrected chi connectivity index (χ3v) is 3.32. The minimum atomic E-state index is -1.30. The van der Waals surface area contributed by atoms with E-state index in [4.69, 9.17) is 0 Å². The minimum absolute atomic E-state index is 0.0617. The molecule has 132 valence electrons. The quantitative estimate of drug-likeness (QED) is 0.774. The molecule has 0 aliphatic heterocycles. The molecule has 2 amide bonds. The first-order chi connectivity index (χ1) is 11.8. The maximum absolute atomic E-state index is 13.8. The molecule has 0 aliphatic carbocycles. The summed E-state index contributed by atoms with van der Waals surface area (Å²) in [4.78, 5) is 23.1. The van der Waals surface area contributed by atoms with Gasteiger partial charge in [-0.1, -0.05) is 6.07 Å². The predicted molar refractivity (Wildman–Crippen MR) is 84.4 cm³/mol. The number of rotatable bonds is 5. The third-order valence-electron chi connectivity index (χ3n) is 3.32. The van der Waals surface area contributed by atoms with Crippen molar-refractivity contribution in [1.82, 2.24) is 5.32 Å². The van der Waals surface area contributed by atoms with E-state index < -0.39 is 29.5 Å². The lowest BCUT2D eigenvalue weighted by Crippen LogP contribution is -2.29. The van der Waals surface area contributed by atoms with Crippen LogP contribution in [0.1, 0.15) is 28.9 Å². The van der Waals surface area contributed by atoms with Gasteiger partial charge >= 0.3 is 0 Å². The fraction of sp³-hybridized carbons (Fsp3) is 0.176. The summed E-state index contributed by atoms with van der Waals surface area (Å²) in [6.07, 6.45) is -1.30. The second-order valence-corrected chi connectivity index (χ2v) is 5.28. The molecule has 0 heterocycles. The summed E-state index contributed by atoms with van der Waals surface area (Å²) in [5, 5.41) is 14.6. The first-order valence-corrected chi connectivity index (χ1v) is 7.26. The SMILES string of the molecule is CC(=O)Nc1ccc(F)c(C(=O)NCC(O)c2ccc(F)c(F)c2)c1. The highest BCUT2D eigenvalue weighted by Crippen LogP contribution is 2.17. The van der Waals surface area contributed by atoms with Crippen LogP contribution in [0.15, 0.2) is 36.4 Å². The van der Waals surface area contributed by atoms with E-state index >= 15 is 0 Å². The van der Waals surface area contributed by atoms with Crippen molar-refractivity contribution in [3.63, 3.8) is 0 Å². The minimum Gasteiger partial charge on any atom is -0.387 e. The molecule has 0 saturated heterocycles. The zero-order chi connectivity index (χ0) is 18.6. The summed E-state index contributed by atoms with van der Waals surface area (Å²) in [5.74, 6) is -4.21. The maximum Gasteiger partial charge on any atom is 0.254 e. The van der Waals surface area contributed by atoms with E-state index in [2.05, 4.69) is 10.6 Å². The number of anilines is 1. The average molecular weight is 352 g/mol. The van der Waals surface area contributed by atoms with Crippen molar-refractivity contribution in [2.75, 3.05) is 11.9 Å². The van der Waals surface area contributed by atoms with Crippen LogP contribution in [0.5, 0.6) is 0 Å². The molecule has 0 aliphatic rings. The van der Waals surface area contributed by atoms with E-state index in [-0.39, 0.29) is 29.3 Å². The predicted octanol–water partition coefficient (Wildman–Crippen LogP) is 2.53. The molecule has 1 unspecified atom stereocenters. The number of hydrogen-bond acceptors (Lipinski definition) is 3. The smallest absolute Gasteiger partial charge is 0.254 e.